The average Bonchev–Trinajstić information content (AvgIpc) is 2.41. The van der Waals surface area contributed by atoms with Crippen molar-refractivity contribution in [2.45, 2.75) is 13.5 Å². The van der Waals surface area contributed by atoms with Crippen LogP contribution in [0.2, 0.25) is 5.02 Å². The number of likely N-dealkylation sites (N-methyl/N-ethyl adjacent to an activating group) is 1. The Hall–Kier alpha value is -1.11. The molecular formula is C12H21ClN4O2. The topological polar surface area (TPSA) is 59.4 Å². The maximum Gasteiger partial charge on any atom is 0.287 e. The summed E-state index contributed by atoms with van der Waals surface area (Å²) >= 11 is 6.01. The maximum atomic E-state index is 11.8. The zero-order valence-corrected chi connectivity index (χ0v) is 12.4. The van der Waals surface area contributed by atoms with Gasteiger partial charge in [-0.05, 0) is 14.0 Å². The highest BCUT2D eigenvalue weighted by molar-refractivity contribution is 6.32. The predicted octanol–water partition coefficient (Wildman–Crippen LogP) is 0.907. The summed E-state index contributed by atoms with van der Waals surface area (Å²) in [6.07, 6.45) is 1.59. The molecule has 1 heterocycles. The Balaban J connectivity index is 2.50. The number of aryl methyl sites for hydroxylation is 1. The first-order chi connectivity index (χ1) is 9.10. The van der Waals surface area contributed by atoms with E-state index in [1.165, 1.54) is 4.68 Å². The van der Waals surface area contributed by atoms with Crippen LogP contribution in [0.1, 0.15) is 6.92 Å². The first-order valence-corrected chi connectivity index (χ1v) is 6.65. The summed E-state index contributed by atoms with van der Waals surface area (Å²) < 4.78 is 6.33. The molecule has 0 aliphatic rings. The van der Waals surface area contributed by atoms with Crippen molar-refractivity contribution >= 4 is 17.3 Å². The van der Waals surface area contributed by atoms with Crippen LogP contribution < -0.4 is 10.9 Å². The molecule has 0 spiro atoms. The molecule has 108 valence electrons. The molecule has 1 aromatic heterocycles. The fourth-order valence-corrected chi connectivity index (χ4v) is 1.77. The number of anilines is 1. The highest BCUT2D eigenvalue weighted by atomic mass is 35.5. The number of halogens is 1. The molecule has 6 nitrogen and oxygen atoms in total. The molecule has 0 amide bonds. The van der Waals surface area contributed by atoms with Crippen molar-refractivity contribution in [3.05, 3.63) is 21.6 Å². The normalized spacial score (nSPS) is 11.0. The van der Waals surface area contributed by atoms with Gasteiger partial charge in [-0.3, -0.25) is 4.79 Å². The summed E-state index contributed by atoms with van der Waals surface area (Å²) in [7, 11) is 3.69. The van der Waals surface area contributed by atoms with Crippen LogP contribution in [-0.4, -0.2) is 55.1 Å². The van der Waals surface area contributed by atoms with Gasteiger partial charge in [0.05, 0.1) is 18.5 Å². The molecule has 19 heavy (non-hydrogen) atoms. The molecule has 0 saturated carbocycles. The number of hydrogen-bond acceptors (Lipinski definition) is 5. The number of hydrogen-bond donors (Lipinski definition) is 1. The second-order valence-corrected chi connectivity index (χ2v) is 4.59. The molecule has 0 aromatic carbocycles. The Morgan fingerprint density at radius 1 is 1.53 bits per heavy atom. The van der Waals surface area contributed by atoms with E-state index in [1.807, 2.05) is 14.0 Å². The van der Waals surface area contributed by atoms with Crippen molar-refractivity contribution in [1.82, 2.24) is 14.7 Å². The Labute approximate surface area is 118 Å². The lowest BCUT2D eigenvalue weighted by Gasteiger charge is -2.17. The van der Waals surface area contributed by atoms with Crippen LogP contribution in [0.5, 0.6) is 0 Å². The number of nitrogens with zero attached hydrogens (tertiary/aromatic N) is 3. The van der Waals surface area contributed by atoms with Gasteiger partial charge in [-0.15, -0.1) is 0 Å². The monoisotopic (exact) mass is 288 g/mol. The molecule has 0 aliphatic carbocycles. The van der Waals surface area contributed by atoms with E-state index in [9.17, 15) is 4.79 Å². The Bertz CT molecular complexity index is 450. The van der Waals surface area contributed by atoms with Gasteiger partial charge in [0, 0.05) is 33.3 Å². The zero-order chi connectivity index (χ0) is 14.3. The van der Waals surface area contributed by atoms with Crippen LogP contribution in [0.4, 0.5) is 5.69 Å². The van der Waals surface area contributed by atoms with Gasteiger partial charge in [0.2, 0.25) is 0 Å². The van der Waals surface area contributed by atoms with Crippen LogP contribution in [0, 0.1) is 0 Å². The molecule has 0 fully saturated rings. The van der Waals surface area contributed by atoms with Gasteiger partial charge in [0.1, 0.15) is 5.02 Å². The van der Waals surface area contributed by atoms with E-state index in [0.29, 0.717) is 25.4 Å². The number of aromatic nitrogens is 2. The summed E-state index contributed by atoms with van der Waals surface area (Å²) in [5, 5.41) is 7.34. The predicted molar refractivity (Wildman–Crippen MR) is 77.0 cm³/mol. The van der Waals surface area contributed by atoms with Gasteiger partial charge >= 0.3 is 0 Å². The minimum absolute atomic E-state index is 0.191. The lowest BCUT2D eigenvalue weighted by atomic mass is 10.4. The van der Waals surface area contributed by atoms with E-state index in [4.69, 9.17) is 16.3 Å². The molecule has 0 radical (unpaired) electrons. The van der Waals surface area contributed by atoms with E-state index in [0.717, 1.165) is 13.1 Å². The summed E-state index contributed by atoms with van der Waals surface area (Å²) in [6, 6.07) is 0. The van der Waals surface area contributed by atoms with Crippen molar-refractivity contribution in [2.75, 3.05) is 45.7 Å². The molecule has 0 aliphatic heterocycles. The third kappa shape index (κ3) is 4.81. The van der Waals surface area contributed by atoms with Crippen molar-refractivity contribution in [2.24, 2.45) is 0 Å². The summed E-state index contributed by atoms with van der Waals surface area (Å²) in [6.45, 7) is 5.45. The molecule has 1 rings (SSSR count). The van der Waals surface area contributed by atoms with Gasteiger partial charge in [-0.2, -0.15) is 5.10 Å². The van der Waals surface area contributed by atoms with E-state index in [1.54, 1.807) is 13.3 Å². The van der Waals surface area contributed by atoms with E-state index in [2.05, 4.69) is 15.3 Å². The van der Waals surface area contributed by atoms with Crippen LogP contribution in [0.3, 0.4) is 0 Å². The number of rotatable bonds is 8. The fourth-order valence-electron chi connectivity index (χ4n) is 1.55. The molecule has 0 saturated heterocycles. The first kappa shape index (κ1) is 15.9. The number of nitrogens with one attached hydrogen (secondary N) is 1. The van der Waals surface area contributed by atoms with Gasteiger partial charge in [-0.1, -0.05) is 11.6 Å². The van der Waals surface area contributed by atoms with Crippen LogP contribution in [-0.2, 0) is 11.3 Å². The Morgan fingerprint density at radius 2 is 2.26 bits per heavy atom. The molecule has 0 atom stereocenters. The third-order valence-corrected chi connectivity index (χ3v) is 3.14. The van der Waals surface area contributed by atoms with E-state index >= 15 is 0 Å². The minimum atomic E-state index is -0.262. The van der Waals surface area contributed by atoms with E-state index < -0.39 is 0 Å². The standard InChI is InChI=1S/C12H21ClN4O2/c1-4-17-12(18)11(13)10(9-15-17)14-5-6-16(2)7-8-19-3/h9,14H,4-8H2,1-3H3. The molecule has 0 unspecified atom stereocenters. The fraction of sp³-hybridized carbons (Fsp3) is 0.667. The largest absolute Gasteiger partial charge is 0.383 e. The summed E-state index contributed by atoms with van der Waals surface area (Å²) in [5.74, 6) is 0. The van der Waals surface area contributed by atoms with Crippen LogP contribution in [0.25, 0.3) is 0 Å². The lowest BCUT2D eigenvalue weighted by molar-refractivity contribution is 0.163. The molecular weight excluding hydrogens is 268 g/mol. The van der Waals surface area contributed by atoms with Crippen molar-refractivity contribution < 1.29 is 4.74 Å². The Morgan fingerprint density at radius 3 is 2.89 bits per heavy atom. The van der Waals surface area contributed by atoms with Crippen molar-refractivity contribution in [1.29, 1.82) is 0 Å². The van der Waals surface area contributed by atoms with Crippen LogP contribution in [0.15, 0.2) is 11.0 Å². The lowest BCUT2D eigenvalue weighted by Crippen LogP contribution is -2.29. The van der Waals surface area contributed by atoms with Crippen molar-refractivity contribution in [3.63, 3.8) is 0 Å². The highest BCUT2D eigenvalue weighted by Crippen LogP contribution is 2.14. The number of ether oxygens (including phenoxy) is 1. The third-order valence-electron chi connectivity index (χ3n) is 2.77. The molecule has 1 N–H and O–H groups in total. The quantitative estimate of drug-likeness (QED) is 0.770. The summed E-state index contributed by atoms with van der Waals surface area (Å²) in [4.78, 5) is 13.9. The van der Waals surface area contributed by atoms with Gasteiger partial charge in [-0.25, -0.2) is 4.68 Å². The molecule has 1 aromatic rings. The second kappa shape index (κ2) is 8.14. The zero-order valence-electron chi connectivity index (χ0n) is 11.6. The first-order valence-electron chi connectivity index (χ1n) is 6.27. The SMILES string of the molecule is CCn1ncc(NCCN(C)CCOC)c(Cl)c1=O. The highest BCUT2D eigenvalue weighted by Gasteiger charge is 2.08. The molecule has 7 heteroatoms. The smallest absolute Gasteiger partial charge is 0.287 e. The average molecular weight is 289 g/mol. The van der Waals surface area contributed by atoms with Crippen molar-refractivity contribution in [3.8, 4) is 0 Å². The van der Waals surface area contributed by atoms with Crippen LogP contribution >= 0.6 is 11.6 Å². The second-order valence-electron chi connectivity index (χ2n) is 4.22. The van der Waals surface area contributed by atoms with Gasteiger partial charge < -0.3 is 15.0 Å². The van der Waals surface area contributed by atoms with Gasteiger partial charge in [0.25, 0.3) is 5.56 Å². The van der Waals surface area contributed by atoms with E-state index in [-0.39, 0.29) is 10.6 Å². The maximum absolute atomic E-state index is 11.8. The molecule has 0 bridgehead atoms. The van der Waals surface area contributed by atoms with Gasteiger partial charge in [0.15, 0.2) is 0 Å². The summed E-state index contributed by atoms with van der Waals surface area (Å²) in [5.41, 5.74) is 0.318. The number of methoxy groups -OCH3 is 1. The minimum Gasteiger partial charge on any atom is -0.383 e. The Kier molecular flexibility index (Phi) is 6.83.